The van der Waals surface area contributed by atoms with Gasteiger partial charge in [0.1, 0.15) is 17.3 Å². The summed E-state index contributed by atoms with van der Waals surface area (Å²) in [4.78, 5) is 0. The zero-order valence-electron chi connectivity index (χ0n) is 7.00. The summed E-state index contributed by atoms with van der Waals surface area (Å²) in [6.07, 6.45) is 1.26. The number of nitrogen functional groups attached to an aromatic ring is 1. The van der Waals surface area contributed by atoms with Crippen molar-refractivity contribution in [2.75, 3.05) is 5.73 Å². The van der Waals surface area contributed by atoms with Crippen LogP contribution in [0, 0.1) is 11.6 Å². The fourth-order valence-electron chi connectivity index (χ4n) is 1.13. The maximum absolute atomic E-state index is 13.2. The molecule has 0 unspecified atom stereocenters. The molecular formula is C9H6F2N2O. The molecule has 0 aliphatic rings. The normalized spacial score (nSPS) is 10.4. The number of nitrogens with zero attached hydrogens (tertiary/aromatic N) is 1. The number of hydrogen-bond donors (Lipinski definition) is 1. The third-order valence-corrected chi connectivity index (χ3v) is 1.77. The van der Waals surface area contributed by atoms with Gasteiger partial charge in [-0.15, -0.1) is 0 Å². The minimum absolute atomic E-state index is 0.0985. The van der Waals surface area contributed by atoms with Gasteiger partial charge in [-0.2, -0.15) is 0 Å². The Kier molecular flexibility index (Phi) is 1.92. The van der Waals surface area contributed by atoms with Crippen LogP contribution in [0.15, 0.2) is 28.9 Å². The van der Waals surface area contributed by atoms with E-state index in [-0.39, 0.29) is 17.0 Å². The highest BCUT2D eigenvalue weighted by atomic mass is 19.1. The first-order chi connectivity index (χ1) is 6.68. The highest BCUT2D eigenvalue weighted by Gasteiger charge is 2.13. The number of rotatable bonds is 1. The second kappa shape index (κ2) is 3.10. The van der Waals surface area contributed by atoms with Crippen LogP contribution in [0.3, 0.4) is 0 Å². The predicted octanol–water partition coefficient (Wildman–Crippen LogP) is 2.20. The molecule has 0 amide bonds. The van der Waals surface area contributed by atoms with Crippen molar-refractivity contribution >= 4 is 5.69 Å². The van der Waals surface area contributed by atoms with Crippen LogP contribution in [0.2, 0.25) is 0 Å². The minimum atomic E-state index is -0.728. The van der Waals surface area contributed by atoms with Gasteiger partial charge in [-0.3, -0.25) is 0 Å². The average molecular weight is 196 g/mol. The fourth-order valence-corrected chi connectivity index (χ4v) is 1.13. The summed E-state index contributed by atoms with van der Waals surface area (Å²) in [7, 11) is 0. The second-order valence-electron chi connectivity index (χ2n) is 2.73. The smallest absolute Gasteiger partial charge is 0.192 e. The molecule has 0 saturated carbocycles. The van der Waals surface area contributed by atoms with Crippen molar-refractivity contribution in [2.45, 2.75) is 0 Å². The van der Waals surface area contributed by atoms with Crippen molar-refractivity contribution in [2.24, 2.45) is 0 Å². The van der Waals surface area contributed by atoms with Gasteiger partial charge in [-0.05, 0) is 12.1 Å². The Balaban J connectivity index is 2.58. The van der Waals surface area contributed by atoms with Crippen molar-refractivity contribution < 1.29 is 13.3 Å². The molecule has 0 radical (unpaired) electrons. The molecular weight excluding hydrogens is 190 g/mol. The van der Waals surface area contributed by atoms with Crippen molar-refractivity contribution in [1.82, 2.24) is 5.16 Å². The van der Waals surface area contributed by atoms with Gasteiger partial charge in [-0.1, -0.05) is 5.16 Å². The van der Waals surface area contributed by atoms with E-state index in [1.54, 1.807) is 0 Å². The van der Waals surface area contributed by atoms with E-state index in [2.05, 4.69) is 5.16 Å². The Bertz CT molecular complexity index is 468. The highest BCUT2D eigenvalue weighted by molar-refractivity contribution is 5.70. The van der Waals surface area contributed by atoms with Crippen LogP contribution >= 0.6 is 0 Å². The third kappa shape index (κ3) is 1.32. The molecule has 1 heterocycles. The lowest BCUT2D eigenvalue weighted by Gasteiger charge is -1.99. The molecule has 72 valence electrons. The summed E-state index contributed by atoms with van der Waals surface area (Å²) in [5.74, 6) is -1.26. The highest BCUT2D eigenvalue weighted by Crippen LogP contribution is 2.27. The molecule has 2 rings (SSSR count). The Morgan fingerprint density at radius 2 is 2.07 bits per heavy atom. The first-order valence-electron chi connectivity index (χ1n) is 3.84. The van der Waals surface area contributed by atoms with Crippen LogP contribution in [0.5, 0.6) is 0 Å². The first-order valence-corrected chi connectivity index (χ1v) is 3.84. The van der Waals surface area contributed by atoms with E-state index in [1.807, 2.05) is 0 Å². The van der Waals surface area contributed by atoms with Gasteiger partial charge >= 0.3 is 0 Å². The summed E-state index contributed by atoms with van der Waals surface area (Å²) < 4.78 is 30.5. The molecule has 1 aromatic carbocycles. The molecule has 0 spiro atoms. The lowest BCUT2D eigenvalue weighted by Crippen LogP contribution is -1.89. The number of nitrogens with two attached hydrogens (primary N) is 1. The Morgan fingerprint density at radius 1 is 1.29 bits per heavy atom. The van der Waals surface area contributed by atoms with Crippen LogP contribution in [0.4, 0.5) is 14.5 Å². The SMILES string of the molecule is Nc1cnoc1-c1ccc(F)cc1F. The van der Waals surface area contributed by atoms with Crippen LogP contribution < -0.4 is 5.73 Å². The monoisotopic (exact) mass is 196 g/mol. The molecule has 0 bridgehead atoms. The van der Waals surface area contributed by atoms with E-state index in [4.69, 9.17) is 10.3 Å². The molecule has 0 aliphatic carbocycles. The Morgan fingerprint density at radius 3 is 2.64 bits per heavy atom. The van der Waals surface area contributed by atoms with Crippen molar-refractivity contribution in [3.8, 4) is 11.3 Å². The molecule has 0 aliphatic heterocycles. The molecule has 1 aromatic heterocycles. The van der Waals surface area contributed by atoms with E-state index >= 15 is 0 Å². The lowest BCUT2D eigenvalue weighted by molar-refractivity contribution is 0.430. The molecule has 0 atom stereocenters. The van der Waals surface area contributed by atoms with Crippen LogP contribution in [0.1, 0.15) is 0 Å². The van der Waals surface area contributed by atoms with Gasteiger partial charge in [0.2, 0.25) is 0 Å². The Labute approximate surface area is 78.1 Å². The van der Waals surface area contributed by atoms with E-state index < -0.39 is 11.6 Å². The summed E-state index contributed by atoms with van der Waals surface area (Å²) >= 11 is 0. The van der Waals surface area contributed by atoms with Crippen LogP contribution in [-0.2, 0) is 0 Å². The second-order valence-corrected chi connectivity index (χ2v) is 2.73. The van der Waals surface area contributed by atoms with Gasteiger partial charge in [0, 0.05) is 6.07 Å². The van der Waals surface area contributed by atoms with Gasteiger partial charge < -0.3 is 10.3 Å². The van der Waals surface area contributed by atoms with Crippen LogP contribution in [0.25, 0.3) is 11.3 Å². The van der Waals surface area contributed by atoms with Crippen LogP contribution in [-0.4, -0.2) is 5.16 Å². The van der Waals surface area contributed by atoms with Gasteiger partial charge in [0.15, 0.2) is 5.76 Å². The molecule has 2 aromatic rings. The quantitative estimate of drug-likeness (QED) is 0.760. The van der Waals surface area contributed by atoms with E-state index in [9.17, 15) is 8.78 Å². The lowest BCUT2D eigenvalue weighted by atomic mass is 10.1. The summed E-state index contributed by atoms with van der Waals surface area (Å²) in [5.41, 5.74) is 5.78. The fraction of sp³-hybridized carbons (Fsp3) is 0. The average Bonchev–Trinajstić information content (AvgIpc) is 2.52. The first kappa shape index (κ1) is 8.68. The Hall–Kier alpha value is -1.91. The van der Waals surface area contributed by atoms with Crippen molar-refractivity contribution in [3.05, 3.63) is 36.0 Å². The number of halogens is 2. The maximum Gasteiger partial charge on any atom is 0.192 e. The summed E-state index contributed by atoms with van der Waals surface area (Å²) in [6.45, 7) is 0. The van der Waals surface area contributed by atoms with Crippen molar-refractivity contribution in [1.29, 1.82) is 0 Å². The van der Waals surface area contributed by atoms with E-state index in [0.29, 0.717) is 0 Å². The maximum atomic E-state index is 13.2. The topological polar surface area (TPSA) is 52.0 Å². The van der Waals surface area contributed by atoms with Gasteiger partial charge in [0.05, 0.1) is 11.8 Å². The molecule has 14 heavy (non-hydrogen) atoms. The number of hydrogen-bond acceptors (Lipinski definition) is 3. The zero-order valence-corrected chi connectivity index (χ0v) is 7.00. The zero-order chi connectivity index (χ0) is 10.1. The van der Waals surface area contributed by atoms with E-state index in [1.165, 1.54) is 12.3 Å². The molecule has 3 nitrogen and oxygen atoms in total. The van der Waals surface area contributed by atoms with E-state index in [0.717, 1.165) is 12.1 Å². The largest absolute Gasteiger partial charge is 0.394 e. The standard InChI is InChI=1S/C9H6F2N2O/c10-5-1-2-6(7(11)3-5)9-8(12)4-13-14-9/h1-4H,12H2. The minimum Gasteiger partial charge on any atom is -0.394 e. The molecule has 0 saturated heterocycles. The van der Waals surface area contributed by atoms with Gasteiger partial charge in [-0.25, -0.2) is 8.78 Å². The molecule has 0 fully saturated rings. The number of benzene rings is 1. The molecule has 2 N–H and O–H groups in total. The molecule has 5 heteroatoms. The summed E-state index contributed by atoms with van der Waals surface area (Å²) in [5, 5.41) is 3.40. The number of aromatic nitrogens is 1. The number of anilines is 1. The van der Waals surface area contributed by atoms with Crippen molar-refractivity contribution in [3.63, 3.8) is 0 Å². The summed E-state index contributed by atoms with van der Waals surface area (Å²) in [6, 6.07) is 3.14. The third-order valence-electron chi connectivity index (χ3n) is 1.77. The predicted molar refractivity (Wildman–Crippen MR) is 46.3 cm³/mol. The van der Waals surface area contributed by atoms with Gasteiger partial charge in [0.25, 0.3) is 0 Å².